The fourth-order valence-electron chi connectivity index (χ4n) is 2.57. The Balaban J connectivity index is 1.58. The Morgan fingerprint density at radius 1 is 0.952 bits per heavy atom. The van der Waals surface area contributed by atoms with Crippen LogP contribution in [0.25, 0.3) is 0 Å². The molecule has 1 aliphatic heterocycles. The van der Waals surface area contributed by atoms with Crippen LogP contribution in [0.3, 0.4) is 0 Å². The van der Waals surface area contributed by atoms with Crippen molar-refractivity contribution >= 4 is 0 Å². The molecule has 0 amide bonds. The highest BCUT2D eigenvalue weighted by Gasteiger charge is 2.13. The molecule has 0 aliphatic carbocycles. The van der Waals surface area contributed by atoms with E-state index >= 15 is 0 Å². The normalized spacial score (nSPS) is 16.3. The summed E-state index contributed by atoms with van der Waals surface area (Å²) in [6.07, 6.45) is 2.68. The summed E-state index contributed by atoms with van der Waals surface area (Å²) in [4.78, 5) is 2.46. The van der Waals surface area contributed by atoms with Crippen molar-refractivity contribution in [2.24, 2.45) is 0 Å². The Morgan fingerprint density at radius 2 is 1.62 bits per heavy atom. The molecule has 0 N–H and O–H groups in total. The minimum atomic E-state index is 0.192. The number of ether oxygens (including phenoxy) is 2. The van der Waals surface area contributed by atoms with Crippen LogP contribution >= 0.6 is 0 Å². The van der Waals surface area contributed by atoms with Gasteiger partial charge in [0.2, 0.25) is 0 Å². The zero-order valence-electron chi connectivity index (χ0n) is 13.7. The van der Waals surface area contributed by atoms with Crippen LogP contribution < -0.4 is 4.74 Å². The number of nitrogens with zero attached hydrogens (tertiary/aromatic N) is 1. The van der Waals surface area contributed by atoms with E-state index in [-0.39, 0.29) is 5.41 Å². The summed E-state index contributed by atoms with van der Waals surface area (Å²) < 4.78 is 11.3. The van der Waals surface area contributed by atoms with E-state index in [1.165, 1.54) is 31.5 Å². The number of rotatable bonds is 7. The average Bonchev–Trinajstić information content (AvgIpc) is 2.95. The zero-order valence-corrected chi connectivity index (χ0v) is 13.7. The molecule has 1 aromatic carbocycles. The Labute approximate surface area is 129 Å². The third kappa shape index (κ3) is 5.68. The lowest BCUT2D eigenvalue weighted by molar-refractivity contribution is 0.0846. The van der Waals surface area contributed by atoms with Crippen LogP contribution in [0.4, 0.5) is 0 Å². The molecule has 0 atom stereocenters. The van der Waals surface area contributed by atoms with Crippen LogP contribution in [-0.4, -0.2) is 44.4 Å². The highest BCUT2D eigenvalue weighted by molar-refractivity contribution is 5.31. The lowest BCUT2D eigenvalue weighted by Crippen LogP contribution is -2.24. The molecule has 0 aromatic heterocycles. The van der Waals surface area contributed by atoms with Crippen molar-refractivity contribution in [1.82, 2.24) is 4.90 Å². The van der Waals surface area contributed by atoms with Crippen molar-refractivity contribution in [2.75, 3.05) is 39.5 Å². The molecule has 0 radical (unpaired) electrons. The maximum atomic E-state index is 5.71. The van der Waals surface area contributed by atoms with Gasteiger partial charge in [-0.05, 0) is 49.0 Å². The van der Waals surface area contributed by atoms with Gasteiger partial charge in [-0.15, -0.1) is 0 Å². The van der Waals surface area contributed by atoms with E-state index in [4.69, 9.17) is 9.47 Å². The molecule has 1 heterocycles. The molecule has 0 bridgehead atoms. The maximum absolute atomic E-state index is 5.71. The molecule has 0 spiro atoms. The van der Waals surface area contributed by atoms with Crippen molar-refractivity contribution in [2.45, 2.75) is 39.0 Å². The molecule has 1 aliphatic rings. The van der Waals surface area contributed by atoms with Crippen LogP contribution in [0.2, 0.25) is 0 Å². The molecule has 3 heteroatoms. The van der Waals surface area contributed by atoms with Crippen molar-refractivity contribution < 1.29 is 9.47 Å². The smallest absolute Gasteiger partial charge is 0.119 e. The van der Waals surface area contributed by atoms with Crippen LogP contribution in [0.1, 0.15) is 39.2 Å². The fourth-order valence-corrected chi connectivity index (χ4v) is 2.57. The lowest BCUT2D eigenvalue weighted by Gasteiger charge is -2.19. The molecule has 0 unspecified atom stereocenters. The third-order valence-electron chi connectivity index (χ3n) is 3.97. The van der Waals surface area contributed by atoms with E-state index < -0.39 is 0 Å². The molecule has 3 nitrogen and oxygen atoms in total. The monoisotopic (exact) mass is 291 g/mol. The second-order valence-corrected chi connectivity index (χ2v) is 6.78. The fraction of sp³-hybridized carbons (Fsp3) is 0.667. The quantitative estimate of drug-likeness (QED) is 0.718. The maximum Gasteiger partial charge on any atom is 0.119 e. The number of hydrogen-bond donors (Lipinski definition) is 0. The minimum absolute atomic E-state index is 0.192. The zero-order chi connectivity index (χ0) is 15.1. The highest BCUT2D eigenvalue weighted by atomic mass is 16.5. The van der Waals surface area contributed by atoms with Crippen LogP contribution in [-0.2, 0) is 10.2 Å². The third-order valence-corrected chi connectivity index (χ3v) is 3.97. The van der Waals surface area contributed by atoms with Gasteiger partial charge in [0.25, 0.3) is 0 Å². The van der Waals surface area contributed by atoms with Crippen molar-refractivity contribution in [1.29, 1.82) is 0 Å². The number of likely N-dealkylation sites (tertiary alicyclic amines) is 1. The molecular weight excluding hydrogens is 262 g/mol. The van der Waals surface area contributed by atoms with E-state index in [1.54, 1.807) is 0 Å². The van der Waals surface area contributed by atoms with E-state index in [9.17, 15) is 0 Å². The second-order valence-electron chi connectivity index (χ2n) is 6.78. The van der Waals surface area contributed by atoms with Gasteiger partial charge >= 0.3 is 0 Å². The van der Waals surface area contributed by atoms with Crippen molar-refractivity contribution in [3.63, 3.8) is 0 Å². The first-order valence-electron chi connectivity index (χ1n) is 8.09. The lowest BCUT2D eigenvalue weighted by atomic mass is 9.87. The van der Waals surface area contributed by atoms with Gasteiger partial charge in [0.15, 0.2) is 0 Å². The Bertz CT molecular complexity index is 402. The van der Waals surface area contributed by atoms with Gasteiger partial charge in [0, 0.05) is 6.54 Å². The van der Waals surface area contributed by atoms with Gasteiger partial charge < -0.3 is 14.4 Å². The minimum Gasteiger partial charge on any atom is -0.491 e. The van der Waals surface area contributed by atoms with E-state index in [2.05, 4.69) is 37.8 Å². The van der Waals surface area contributed by atoms with Crippen LogP contribution in [0.5, 0.6) is 5.75 Å². The first-order valence-corrected chi connectivity index (χ1v) is 8.09. The largest absolute Gasteiger partial charge is 0.491 e. The summed E-state index contributed by atoms with van der Waals surface area (Å²) in [5, 5.41) is 0. The average molecular weight is 291 g/mol. The van der Waals surface area contributed by atoms with Gasteiger partial charge in [-0.3, -0.25) is 0 Å². The molecule has 118 valence electrons. The van der Waals surface area contributed by atoms with Crippen molar-refractivity contribution in [3.8, 4) is 5.75 Å². The van der Waals surface area contributed by atoms with Gasteiger partial charge in [-0.25, -0.2) is 0 Å². The first-order chi connectivity index (χ1) is 10.1. The van der Waals surface area contributed by atoms with Crippen molar-refractivity contribution in [3.05, 3.63) is 29.8 Å². The molecular formula is C18H29NO2. The summed E-state index contributed by atoms with van der Waals surface area (Å²) in [6.45, 7) is 12.3. The molecule has 1 saturated heterocycles. The predicted molar refractivity (Wildman–Crippen MR) is 87.1 cm³/mol. The molecule has 2 rings (SSSR count). The summed E-state index contributed by atoms with van der Waals surface area (Å²) in [5.41, 5.74) is 1.52. The first kappa shape index (κ1) is 16.3. The topological polar surface area (TPSA) is 21.7 Å². The summed E-state index contributed by atoms with van der Waals surface area (Å²) in [7, 11) is 0. The van der Waals surface area contributed by atoms with Gasteiger partial charge in [0.05, 0.1) is 13.2 Å². The Kier molecular flexibility index (Phi) is 6.07. The highest BCUT2D eigenvalue weighted by Crippen LogP contribution is 2.24. The predicted octanol–water partition coefficient (Wildman–Crippen LogP) is 3.48. The SMILES string of the molecule is CC(C)(C)c1ccc(OCCOCCN2CCCC2)cc1. The van der Waals surface area contributed by atoms with E-state index in [0.717, 1.165) is 18.9 Å². The van der Waals surface area contributed by atoms with Gasteiger partial charge in [-0.2, -0.15) is 0 Å². The number of hydrogen-bond acceptors (Lipinski definition) is 3. The Morgan fingerprint density at radius 3 is 2.24 bits per heavy atom. The van der Waals surface area contributed by atoms with Crippen LogP contribution in [0, 0.1) is 0 Å². The summed E-state index contributed by atoms with van der Waals surface area (Å²) in [5.74, 6) is 0.922. The van der Waals surface area contributed by atoms with E-state index in [1.807, 2.05) is 12.1 Å². The molecule has 1 aromatic rings. The standard InChI is InChI=1S/C18H29NO2/c1-18(2,3)16-6-8-17(9-7-16)21-15-14-20-13-12-19-10-4-5-11-19/h6-9H,4-5,10-15H2,1-3H3. The molecule has 1 fully saturated rings. The summed E-state index contributed by atoms with van der Waals surface area (Å²) in [6, 6.07) is 8.38. The Hall–Kier alpha value is -1.06. The second kappa shape index (κ2) is 7.81. The van der Waals surface area contributed by atoms with Crippen LogP contribution in [0.15, 0.2) is 24.3 Å². The van der Waals surface area contributed by atoms with Gasteiger partial charge in [0.1, 0.15) is 12.4 Å². The molecule has 0 saturated carbocycles. The van der Waals surface area contributed by atoms with E-state index in [0.29, 0.717) is 13.2 Å². The molecule has 21 heavy (non-hydrogen) atoms. The summed E-state index contributed by atoms with van der Waals surface area (Å²) >= 11 is 0. The number of benzene rings is 1. The van der Waals surface area contributed by atoms with Gasteiger partial charge in [-0.1, -0.05) is 32.9 Å².